The summed E-state index contributed by atoms with van der Waals surface area (Å²) in [5.74, 6) is 0.429. The molecule has 0 aromatic heterocycles. The molecular weight excluding hydrogens is 244 g/mol. The molecule has 0 saturated carbocycles. The number of nitrogens with zero attached hydrogens (tertiary/aromatic N) is 2. The second kappa shape index (κ2) is 5.90. The monoisotopic (exact) mass is 268 g/mol. The first-order chi connectivity index (χ1) is 8.97. The number of hydrogen-bond donors (Lipinski definition) is 0. The van der Waals surface area contributed by atoms with E-state index in [2.05, 4.69) is 0 Å². The van der Waals surface area contributed by atoms with E-state index >= 15 is 0 Å². The maximum atomic E-state index is 12.5. The Balaban J connectivity index is 1.88. The van der Waals surface area contributed by atoms with Gasteiger partial charge in [0, 0.05) is 39.0 Å². The van der Waals surface area contributed by atoms with Crippen molar-refractivity contribution in [2.75, 3.05) is 26.2 Å². The Morgan fingerprint density at radius 2 is 1.53 bits per heavy atom. The minimum atomic E-state index is 0.0769. The van der Waals surface area contributed by atoms with Crippen molar-refractivity contribution in [3.8, 4) is 0 Å². The third-order valence-corrected chi connectivity index (χ3v) is 4.02. The molecule has 2 atom stereocenters. The number of likely N-dealkylation sites (tertiary alicyclic amines) is 1. The van der Waals surface area contributed by atoms with E-state index in [0.717, 1.165) is 12.8 Å². The van der Waals surface area contributed by atoms with Gasteiger partial charge in [-0.2, -0.15) is 0 Å². The Bertz CT molecular complexity index is 341. The van der Waals surface area contributed by atoms with Crippen LogP contribution in [0, 0.1) is 5.92 Å². The van der Waals surface area contributed by atoms with Crippen LogP contribution >= 0.6 is 0 Å². The third kappa shape index (κ3) is 3.47. The topological polar surface area (TPSA) is 49.9 Å². The molecule has 2 saturated heterocycles. The van der Waals surface area contributed by atoms with Crippen LogP contribution in [0.15, 0.2) is 0 Å². The SMILES string of the molecule is CC(=O)N1CCC(C(=O)N2C[C@@H](C)O[C@H](C)C2)CC1. The Morgan fingerprint density at radius 1 is 1.00 bits per heavy atom. The fraction of sp³-hybridized carbons (Fsp3) is 0.857. The van der Waals surface area contributed by atoms with Crippen LogP contribution < -0.4 is 0 Å². The van der Waals surface area contributed by atoms with Crippen LogP contribution in [0.3, 0.4) is 0 Å². The minimum Gasteiger partial charge on any atom is -0.372 e. The maximum Gasteiger partial charge on any atom is 0.225 e. The molecule has 2 fully saturated rings. The highest BCUT2D eigenvalue weighted by atomic mass is 16.5. The van der Waals surface area contributed by atoms with Gasteiger partial charge < -0.3 is 14.5 Å². The van der Waals surface area contributed by atoms with E-state index in [9.17, 15) is 9.59 Å². The molecule has 2 aliphatic heterocycles. The van der Waals surface area contributed by atoms with Gasteiger partial charge >= 0.3 is 0 Å². The van der Waals surface area contributed by atoms with Crippen molar-refractivity contribution >= 4 is 11.8 Å². The fourth-order valence-electron chi connectivity index (χ4n) is 3.06. The van der Waals surface area contributed by atoms with Crippen LogP contribution in [0.4, 0.5) is 0 Å². The standard InChI is InChI=1S/C14H24N2O3/c1-10-8-16(9-11(2)19-10)14(18)13-4-6-15(7-5-13)12(3)17/h10-11,13H,4-9H2,1-3H3/t10-,11-/m1/s1. The number of hydrogen-bond acceptors (Lipinski definition) is 3. The number of carbonyl (C=O) groups is 2. The molecule has 0 unspecified atom stereocenters. The van der Waals surface area contributed by atoms with Gasteiger partial charge in [0.1, 0.15) is 0 Å². The molecule has 2 amide bonds. The summed E-state index contributed by atoms with van der Waals surface area (Å²) >= 11 is 0. The quantitative estimate of drug-likeness (QED) is 0.709. The zero-order chi connectivity index (χ0) is 14.0. The minimum absolute atomic E-state index is 0.0769. The van der Waals surface area contributed by atoms with E-state index in [1.165, 1.54) is 0 Å². The first-order valence-electron chi connectivity index (χ1n) is 7.17. The molecular formula is C14H24N2O3. The highest BCUT2D eigenvalue weighted by Crippen LogP contribution is 2.22. The number of rotatable bonds is 1. The van der Waals surface area contributed by atoms with Gasteiger partial charge in [-0.15, -0.1) is 0 Å². The summed E-state index contributed by atoms with van der Waals surface area (Å²) in [6.45, 7) is 8.41. The molecule has 2 rings (SSSR count). The molecule has 5 nitrogen and oxygen atoms in total. The highest BCUT2D eigenvalue weighted by molar-refractivity contribution is 5.80. The Kier molecular flexibility index (Phi) is 4.45. The van der Waals surface area contributed by atoms with Crippen LogP contribution in [0.5, 0.6) is 0 Å². The molecule has 2 heterocycles. The Hall–Kier alpha value is -1.10. The van der Waals surface area contributed by atoms with Crippen molar-refractivity contribution in [2.24, 2.45) is 5.92 Å². The first kappa shape index (κ1) is 14.3. The third-order valence-electron chi connectivity index (χ3n) is 4.02. The van der Waals surface area contributed by atoms with Crippen LogP contribution in [0.2, 0.25) is 0 Å². The van der Waals surface area contributed by atoms with Gasteiger partial charge in [0.25, 0.3) is 0 Å². The van der Waals surface area contributed by atoms with E-state index in [1.807, 2.05) is 23.6 Å². The second-order valence-electron chi connectivity index (χ2n) is 5.78. The lowest BCUT2D eigenvalue weighted by molar-refractivity contribution is -0.150. The van der Waals surface area contributed by atoms with Gasteiger partial charge in [-0.3, -0.25) is 9.59 Å². The summed E-state index contributed by atoms with van der Waals surface area (Å²) in [5.41, 5.74) is 0. The van der Waals surface area contributed by atoms with Crippen molar-refractivity contribution < 1.29 is 14.3 Å². The van der Waals surface area contributed by atoms with Gasteiger partial charge in [0.2, 0.25) is 11.8 Å². The number of carbonyl (C=O) groups excluding carboxylic acids is 2. The molecule has 0 aromatic carbocycles. The second-order valence-corrected chi connectivity index (χ2v) is 5.78. The maximum absolute atomic E-state index is 12.5. The van der Waals surface area contributed by atoms with Crippen molar-refractivity contribution in [1.29, 1.82) is 0 Å². The Morgan fingerprint density at radius 3 is 2.00 bits per heavy atom. The van der Waals surface area contributed by atoms with Crippen LogP contribution in [0.1, 0.15) is 33.6 Å². The number of morpholine rings is 1. The predicted octanol–water partition coefficient (Wildman–Crippen LogP) is 0.881. The zero-order valence-corrected chi connectivity index (χ0v) is 12.1. The average molecular weight is 268 g/mol. The van der Waals surface area contributed by atoms with Gasteiger partial charge in [-0.25, -0.2) is 0 Å². The van der Waals surface area contributed by atoms with Gasteiger partial charge in [-0.1, -0.05) is 0 Å². The average Bonchev–Trinajstić information content (AvgIpc) is 2.37. The van der Waals surface area contributed by atoms with Gasteiger partial charge in [-0.05, 0) is 26.7 Å². The van der Waals surface area contributed by atoms with Crippen molar-refractivity contribution in [3.05, 3.63) is 0 Å². The Labute approximate surface area is 114 Å². The number of amides is 2. The predicted molar refractivity (Wildman–Crippen MR) is 71.6 cm³/mol. The van der Waals surface area contributed by atoms with Crippen molar-refractivity contribution in [2.45, 2.75) is 45.8 Å². The van der Waals surface area contributed by atoms with Crippen molar-refractivity contribution in [3.63, 3.8) is 0 Å². The molecule has 19 heavy (non-hydrogen) atoms. The molecule has 0 spiro atoms. The lowest BCUT2D eigenvalue weighted by Gasteiger charge is -2.39. The van der Waals surface area contributed by atoms with E-state index in [-0.39, 0.29) is 29.9 Å². The smallest absolute Gasteiger partial charge is 0.225 e. The molecule has 5 heteroatoms. The number of piperidine rings is 1. The summed E-state index contributed by atoms with van der Waals surface area (Å²) in [6, 6.07) is 0. The fourth-order valence-corrected chi connectivity index (χ4v) is 3.06. The van der Waals surface area contributed by atoms with E-state index in [1.54, 1.807) is 6.92 Å². The van der Waals surface area contributed by atoms with Crippen LogP contribution in [0.25, 0.3) is 0 Å². The summed E-state index contributed by atoms with van der Waals surface area (Å²) in [7, 11) is 0. The molecule has 2 aliphatic rings. The van der Waals surface area contributed by atoms with Crippen molar-refractivity contribution in [1.82, 2.24) is 9.80 Å². The van der Waals surface area contributed by atoms with Crippen LogP contribution in [-0.4, -0.2) is 60.0 Å². The van der Waals surface area contributed by atoms with Crippen LogP contribution in [-0.2, 0) is 14.3 Å². The molecule has 0 radical (unpaired) electrons. The summed E-state index contributed by atoms with van der Waals surface area (Å²) < 4.78 is 5.66. The normalized spacial score (nSPS) is 29.4. The van der Waals surface area contributed by atoms with Gasteiger partial charge in [0.15, 0.2) is 0 Å². The lowest BCUT2D eigenvalue weighted by Crippen LogP contribution is -2.51. The largest absolute Gasteiger partial charge is 0.372 e. The molecule has 0 N–H and O–H groups in total. The molecule has 0 aliphatic carbocycles. The molecule has 108 valence electrons. The van der Waals surface area contributed by atoms with E-state index < -0.39 is 0 Å². The molecule has 0 bridgehead atoms. The molecule has 0 aromatic rings. The number of ether oxygens (including phenoxy) is 1. The highest BCUT2D eigenvalue weighted by Gasteiger charge is 2.32. The summed E-state index contributed by atoms with van der Waals surface area (Å²) in [4.78, 5) is 27.5. The van der Waals surface area contributed by atoms with Gasteiger partial charge in [0.05, 0.1) is 12.2 Å². The zero-order valence-electron chi connectivity index (χ0n) is 12.1. The lowest BCUT2D eigenvalue weighted by atomic mass is 9.94. The summed E-state index contributed by atoms with van der Waals surface area (Å²) in [5, 5.41) is 0. The van der Waals surface area contributed by atoms with E-state index in [4.69, 9.17) is 4.74 Å². The van der Waals surface area contributed by atoms with E-state index in [0.29, 0.717) is 26.2 Å². The first-order valence-corrected chi connectivity index (χ1v) is 7.17. The summed E-state index contributed by atoms with van der Waals surface area (Å²) in [6.07, 6.45) is 1.81.